The molecule has 1 heterocycles. The summed E-state index contributed by atoms with van der Waals surface area (Å²) in [6, 6.07) is 3.29. The lowest BCUT2D eigenvalue weighted by Crippen LogP contribution is -2.12. The zero-order chi connectivity index (χ0) is 13.9. The van der Waals surface area contributed by atoms with Crippen molar-refractivity contribution in [3.8, 4) is 12.1 Å². The lowest BCUT2D eigenvalue weighted by atomic mass is 10.3. The number of hydrogen-bond acceptors (Lipinski definition) is 4. The monoisotopic (exact) mass is 256 g/mol. The molecule has 0 spiro atoms. The third-order valence-corrected chi connectivity index (χ3v) is 2.08. The highest BCUT2D eigenvalue weighted by molar-refractivity contribution is 5.50. The van der Waals surface area contributed by atoms with Gasteiger partial charge in [-0.3, -0.25) is 0 Å². The summed E-state index contributed by atoms with van der Waals surface area (Å²) in [6.07, 6.45) is -4.52. The van der Waals surface area contributed by atoms with Crippen LogP contribution in [0, 0.1) is 22.7 Å². The highest BCUT2D eigenvalue weighted by Gasteiger charge is 2.34. The molecule has 0 bridgehead atoms. The van der Waals surface area contributed by atoms with E-state index < -0.39 is 11.9 Å². The number of halogens is 3. The Labute approximate surface area is 100 Å². The Morgan fingerprint density at radius 1 is 1.44 bits per heavy atom. The molecule has 1 aromatic heterocycles. The second-order valence-electron chi connectivity index (χ2n) is 3.16. The lowest BCUT2D eigenvalue weighted by molar-refractivity contribution is -0.119. The minimum absolute atomic E-state index is 0.138. The largest absolute Gasteiger partial charge is 0.504 e. The molecule has 0 unspecified atom stereocenters. The zero-order valence-corrected chi connectivity index (χ0v) is 9.15. The summed E-state index contributed by atoms with van der Waals surface area (Å²) < 4.78 is 37.6. The summed E-state index contributed by atoms with van der Waals surface area (Å²) >= 11 is 0. The van der Waals surface area contributed by atoms with Crippen LogP contribution in [0.15, 0.2) is 5.76 Å². The number of alkyl halides is 3. The zero-order valence-electron chi connectivity index (χ0n) is 9.15. The van der Waals surface area contributed by atoms with Gasteiger partial charge in [0, 0.05) is 12.6 Å². The normalized spacial score (nSPS) is 12.0. The van der Waals surface area contributed by atoms with E-state index in [-0.39, 0.29) is 23.8 Å². The summed E-state index contributed by atoms with van der Waals surface area (Å²) in [6.45, 7) is 1.72. The van der Waals surface area contributed by atoms with Crippen LogP contribution < -0.4 is 0 Å². The van der Waals surface area contributed by atoms with Crippen molar-refractivity contribution in [3.63, 3.8) is 0 Å². The number of aromatic nitrogens is 2. The van der Waals surface area contributed by atoms with E-state index >= 15 is 0 Å². The van der Waals surface area contributed by atoms with E-state index in [2.05, 4.69) is 4.98 Å². The minimum Gasteiger partial charge on any atom is -0.504 e. The summed E-state index contributed by atoms with van der Waals surface area (Å²) in [5.41, 5.74) is -0.415. The van der Waals surface area contributed by atoms with Crippen molar-refractivity contribution in [3.05, 3.63) is 23.0 Å². The predicted molar refractivity (Wildman–Crippen MR) is 54.0 cm³/mol. The molecule has 0 aliphatic heterocycles. The molecular weight excluding hydrogens is 249 g/mol. The molecule has 0 atom stereocenters. The molecule has 8 heteroatoms. The quantitative estimate of drug-likeness (QED) is 0.821. The van der Waals surface area contributed by atoms with Gasteiger partial charge >= 0.3 is 6.18 Å². The number of rotatable bonds is 2. The Bertz CT molecular complexity index is 572. The maximum atomic E-state index is 12.2. The van der Waals surface area contributed by atoms with Gasteiger partial charge in [0.25, 0.3) is 0 Å². The maximum Gasteiger partial charge on any atom is 0.448 e. The molecule has 0 radical (unpaired) electrons. The summed E-state index contributed by atoms with van der Waals surface area (Å²) in [4.78, 5) is 3.57. The number of aliphatic hydroxyl groups is 1. The summed E-state index contributed by atoms with van der Waals surface area (Å²) in [7, 11) is 0. The van der Waals surface area contributed by atoms with Gasteiger partial charge in [0.1, 0.15) is 18.0 Å². The van der Waals surface area contributed by atoms with Crippen molar-refractivity contribution in [2.45, 2.75) is 19.6 Å². The van der Waals surface area contributed by atoms with Crippen LogP contribution in [0.2, 0.25) is 0 Å². The first-order chi connectivity index (χ1) is 8.35. The van der Waals surface area contributed by atoms with Crippen LogP contribution in [0.1, 0.15) is 24.1 Å². The molecular formula is C10H7F3N4O. The third kappa shape index (κ3) is 2.43. The Balaban J connectivity index is 3.41. The van der Waals surface area contributed by atoms with Crippen LogP contribution in [0.5, 0.6) is 0 Å². The highest BCUT2D eigenvalue weighted by atomic mass is 19.4. The fraction of sp³-hybridized carbons (Fsp3) is 0.300. The molecule has 18 heavy (non-hydrogen) atoms. The number of allylic oxidation sites excluding steroid dienone is 1. The predicted octanol–water partition coefficient (Wildman–Crippen LogP) is 2.11. The van der Waals surface area contributed by atoms with Crippen LogP contribution in [-0.4, -0.2) is 20.8 Å². The second-order valence-corrected chi connectivity index (χ2v) is 3.16. The number of aliphatic hydroxyl groups excluding tert-OH is 1. The van der Waals surface area contributed by atoms with Gasteiger partial charge in [-0.2, -0.15) is 23.7 Å². The van der Waals surface area contributed by atoms with E-state index in [9.17, 15) is 13.2 Å². The van der Waals surface area contributed by atoms with Gasteiger partial charge in [-0.25, -0.2) is 4.98 Å². The molecule has 0 amide bonds. The van der Waals surface area contributed by atoms with Gasteiger partial charge in [0.2, 0.25) is 5.76 Å². The molecule has 0 aliphatic rings. The molecule has 1 aromatic rings. The smallest absolute Gasteiger partial charge is 0.448 e. The van der Waals surface area contributed by atoms with Crippen molar-refractivity contribution in [2.24, 2.45) is 0 Å². The third-order valence-electron chi connectivity index (χ3n) is 2.08. The Kier molecular flexibility index (Phi) is 3.62. The number of nitrogens with zero attached hydrogens (tertiary/aromatic N) is 4. The Morgan fingerprint density at radius 2 is 2.06 bits per heavy atom. The molecule has 0 aliphatic carbocycles. The molecule has 94 valence electrons. The molecule has 5 nitrogen and oxygen atoms in total. The van der Waals surface area contributed by atoms with E-state index in [4.69, 9.17) is 15.6 Å². The molecule has 0 aromatic carbocycles. The van der Waals surface area contributed by atoms with E-state index in [0.717, 1.165) is 4.57 Å². The average Bonchev–Trinajstić information content (AvgIpc) is 2.64. The van der Waals surface area contributed by atoms with Crippen LogP contribution in [0.3, 0.4) is 0 Å². The summed E-state index contributed by atoms with van der Waals surface area (Å²) in [5.74, 6) is -2.13. The Hall–Kier alpha value is -2.48. The first-order valence-corrected chi connectivity index (χ1v) is 4.73. The first kappa shape index (κ1) is 13.6. The van der Waals surface area contributed by atoms with E-state index in [1.807, 2.05) is 0 Å². The SMILES string of the molecule is CCn1c(/C=C(\O)C(F)(F)F)nc(C#N)c1C#N. The highest BCUT2D eigenvalue weighted by Crippen LogP contribution is 2.25. The van der Waals surface area contributed by atoms with E-state index in [0.29, 0.717) is 6.08 Å². The van der Waals surface area contributed by atoms with Gasteiger partial charge in [0.05, 0.1) is 0 Å². The molecule has 0 saturated heterocycles. The van der Waals surface area contributed by atoms with Gasteiger partial charge in [-0.15, -0.1) is 0 Å². The topological polar surface area (TPSA) is 85.6 Å². The molecule has 1 rings (SSSR count). The van der Waals surface area contributed by atoms with Crippen LogP contribution in [-0.2, 0) is 6.54 Å². The molecule has 1 N–H and O–H groups in total. The standard InChI is InChI=1S/C10H7F3N4O/c1-2-17-7(5-15)6(4-14)16-9(17)3-8(18)10(11,12)13/h3,18H,2H2,1H3/b8-3-. The number of hydrogen-bond donors (Lipinski definition) is 1. The maximum absolute atomic E-state index is 12.2. The van der Waals surface area contributed by atoms with Gasteiger partial charge in [-0.1, -0.05) is 0 Å². The fourth-order valence-electron chi connectivity index (χ4n) is 1.30. The molecule has 0 fully saturated rings. The van der Waals surface area contributed by atoms with Gasteiger partial charge in [0.15, 0.2) is 11.4 Å². The van der Waals surface area contributed by atoms with Crippen LogP contribution in [0.4, 0.5) is 13.2 Å². The van der Waals surface area contributed by atoms with Crippen LogP contribution >= 0.6 is 0 Å². The molecule has 0 saturated carbocycles. The number of imidazole rings is 1. The van der Waals surface area contributed by atoms with Gasteiger partial charge in [-0.05, 0) is 6.92 Å². The average molecular weight is 256 g/mol. The van der Waals surface area contributed by atoms with Crippen LogP contribution in [0.25, 0.3) is 6.08 Å². The fourth-order valence-corrected chi connectivity index (χ4v) is 1.30. The second kappa shape index (κ2) is 4.80. The van der Waals surface area contributed by atoms with Crippen molar-refractivity contribution in [1.82, 2.24) is 9.55 Å². The van der Waals surface area contributed by atoms with E-state index in [1.165, 1.54) is 0 Å². The van der Waals surface area contributed by atoms with E-state index in [1.54, 1.807) is 19.1 Å². The summed E-state index contributed by atoms with van der Waals surface area (Å²) in [5, 5.41) is 26.3. The van der Waals surface area contributed by atoms with Crippen molar-refractivity contribution < 1.29 is 18.3 Å². The Morgan fingerprint density at radius 3 is 2.44 bits per heavy atom. The van der Waals surface area contributed by atoms with Crippen molar-refractivity contribution in [1.29, 1.82) is 10.5 Å². The van der Waals surface area contributed by atoms with Crippen molar-refractivity contribution in [2.75, 3.05) is 0 Å². The lowest BCUT2D eigenvalue weighted by Gasteiger charge is -2.05. The number of nitriles is 2. The first-order valence-electron chi connectivity index (χ1n) is 4.73. The van der Waals surface area contributed by atoms with Crippen molar-refractivity contribution >= 4 is 6.08 Å². The minimum atomic E-state index is -4.90. The van der Waals surface area contributed by atoms with Gasteiger partial charge < -0.3 is 9.67 Å².